The summed E-state index contributed by atoms with van der Waals surface area (Å²) >= 11 is 5.93. The Labute approximate surface area is 94.8 Å². The first-order valence-electron chi connectivity index (χ1n) is 4.96. The van der Waals surface area contributed by atoms with Gasteiger partial charge in [-0.05, 0) is 24.6 Å². The van der Waals surface area contributed by atoms with E-state index in [2.05, 4.69) is 0 Å². The van der Waals surface area contributed by atoms with Crippen LogP contribution in [0.3, 0.4) is 0 Å². The van der Waals surface area contributed by atoms with E-state index in [-0.39, 0.29) is 0 Å². The smallest absolute Gasteiger partial charge is 0.211 e. The van der Waals surface area contributed by atoms with Crippen LogP contribution in [0.4, 0.5) is 0 Å². The molecule has 0 heterocycles. The van der Waals surface area contributed by atoms with Crippen LogP contribution in [0.15, 0.2) is 24.3 Å². The summed E-state index contributed by atoms with van der Waals surface area (Å²) in [6.07, 6.45) is 1.39. The maximum Gasteiger partial charge on any atom is 0.211 e. The maximum atomic E-state index is 9.56. The number of allylic oxidation sites excluding steroid dienone is 1. The molecule has 1 aliphatic rings. The lowest BCUT2D eigenvalue weighted by Crippen LogP contribution is -2.19. The highest BCUT2D eigenvalue weighted by Crippen LogP contribution is 2.40. The third-order valence-corrected chi connectivity index (χ3v) is 2.54. The molecule has 0 saturated carbocycles. The third-order valence-electron chi connectivity index (χ3n) is 2.22. The fraction of sp³-hybridized carbons (Fsp3) is 0.333. The highest BCUT2D eigenvalue weighted by Gasteiger charge is 2.33. The van der Waals surface area contributed by atoms with Gasteiger partial charge in [0, 0.05) is 16.1 Å². The van der Waals surface area contributed by atoms with Crippen LogP contribution >= 0.6 is 11.6 Å². The van der Waals surface area contributed by atoms with Gasteiger partial charge < -0.3 is 10.2 Å². The van der Waals surface area contributed by atoms with E-state index in [9.17, 15) is 10.2 Å². The van der Waals surface area contributed by atoms with E-state index in [0.717, 1.165) is 11.1 Å². The SMILES string of the molecule is CC.CC1=CC(O)(O)c2cccc(Cl)c21. The van der Waals surface area contributed by atoms with Crippen LogP contribution in [0.2, 0.25) is 5.02 Å². The predicted octanol–water partition coefficient (Wildman–Crippen LogP) is 2.92. The van der Waals surface area contributed by atoms with Crippen molar-refractivity contribution in [2.75, 3.05) is 0 Å². The molecule has 2 nitrogen and oxygen atoms in total. The van der Waals surface area contributed by atoms with E-state index in [1.165, 1.54) is 6.08 Å². The minimum Gasteiger partial charge on any atom is -0.359 e. The molecule has 0 unspecified atom stereocenters. The minimum atomic E-state index is -1.86. The van der Waals surface area contributed by atoms with Crippen molar-refractivity contribution >= 4 is 17.2 Å². The average Bonchev–Trinajstić information content (AvgIpc) is 2.42. The molecule has 1 aromatic carbocycles. The van der Waals surface area contributed by atoms with Gasteiger partial charge in [0.05, 0.1) is 0 Å². The number of halogens is 1. The second-order valence-electron chi connectivity index (χ2n) is 3.22. The van der Waals surface area contributed by atoms with Crippen LogP contribution < -0.4 is 0 Å². The van der Waals surface area contributed by atoms with Gasteiger partial charge in [0.2, 0.25) is 5.79 Å². The van der Waals surface area contributed by atoms with E-state index in [0.29, 0.717) is 10.6 Å². The van der Waals surface area contributed by atoms with E-state index >= 15 is 0 Å². The van der Waals surface area contributed by atoms with E-state index in [1.54, 1.807) is 25.1 Å². The van der Waals surface area contributed by atoms with Crippen molar-refractivity contribution in [1.29, 1.82) is 0 Å². The Morgan fingerprint density at radius 2 is 1.80 bits per heavy atom. The first-order valence-corrected chi connectivity index (χ1v) is 5.34. The molecule has 2 rings (SSSR count). The molecular weight excluding hydrogens is 212 g/mol. The molecule has 2 N–H and O–H groups in total. The summed E-state index contributed by atoms with van der Waals surface area (Å²) in [5.74, 6) is -1.86. The van der Waals surface area contributed by atoms with Crippen LogP contribution in [0.1, 0.15) is 31.9 Å². The topological polar surface area (TPSA) is 40.5 Å². The summed E-state index contributed by atoms with van der Waals surface area (Å²) < 4.78 is 0. The van der Waals surface area contributed by atoms with Crippen molar-refractivity contribution < 1.29 is 10.2 Å². The van der Waals surface area contributed by atoms with Gasteiger partial charge in [-0.25, -0.2) is 0 Å². The van der Waals surface area contributed by atoms with Gasteiger partial charge in [-0.15, -0.1) is 0 Å². The van der Waals surface area contributed by atoms with Crippen molar-refractivity contribution in [3.05, 3.63) is 40.4 Å². The zero-order valence-electron chi connectivity index (χ0n) is 9.08. The summed E-state index contributed by atoms with van der Waals surface area (Å²) in [5, 5.41) is 19.7. The molecule has 3 heteroatoms. The summed E-state index contributed by atoms with van der Waals surface area (Å²) in [5.41, 5.74) is 1.98. The second-order valence-corrected chi connectivity index (χ2v) is 3.62. The highest BCUT2D eigenvalue weighted by atomic mass is 35.5. The van der Waals surface area contributed by atoms with Gasteiger partial charge in [0.1, 0.15) is 0 Å². The standard InChI is InChI=1S/C10H9ClO2.C2H6/c1-6-5-10(12,13)7-3-2-4-8(11)9(6)7;1-2/h2-5,12-13H,1H3;1-2H3. The van der Waals surface area contributed by atoms with Crippen LogP contribution in [-0.4, -0.2) is 10.2 Å². The van der Waals surface area contributed by atoms with Gasteiger partial charge in [-0.2, -0.15) is 0 Å². The van der Waals surface area contributed by atoms with Crippen LogP contribution in [0.25, 0.3) is 5.57 Å². The van der Waals surface area contributed by atoms with E-state index in [1.807, 2.05) is 13.8 Å². The number of aliphatic hydroxyl groups is 2. The van der Waals surface area contributed by atoms with Crippen molar-refractivity contribution in [1.82, 2.24) is 0 Å². The number of hydrogen-bond acceptors (Lipinski definition) is 2. The lowest BCUT2D eigenvalue weighted by Gasteiger charge is -2.14. The minimum absolute atomic E-state index is 0.456. The third kappa shape index (κ3) is 2.07. The molecule has 0 saturated heterocycles. The summed E-state index contributed by atoms with van der Waals surface area (Å²) in [4.78, 5) is 0. The number of rotatable bonds is 0. The molecule has 1 aliphatic carbocycles. The molecule has 82 valence electrons. The zero-order valence-corrected chi connectivity index (χ0v) is 9.84. The Morgan fingerprint density at radius 1 is 1.20 bits per heavy atom. The summed E-state index contributed by atoms with van der Waals surface area (Å²) in [6, 6.07) is 5.10. The van der Waals surface area contributed by atoms with Crippen LogP contribution in [0, 0.1) is 0 Å². The average molecular weight is 227 g/mol. The first-order chi connectivity index (χ1) is 7.02. The number of fused-ring (bicyclic) bond motifs is 1. The van der Waals surface area contributed by atoms with Crippen molar-refractivity contribution in [3.8, 4) is 0 Å². The molecule has 0 atom stereocenters. The Balaban J connectivity index is 0.000000531. The number of benzene rings is 1. The highest BCUT2D eigenvalue weighted by molar-refractivity contribution is 6.32. The largest absolute Gasteiger partial charge is 0.359 e. The van der Waals surface area contributed by atoms with Gasteiger partial charge in [0.15, 0.2) is 0 Å². The van der Waals surface area contributed by atoms with Gasteiger partial charge in [0.25, 0.3) is 0 Å². The van der Waals surface area contributed by atoms with E-state index in [4.69, 9.17) is 11.6 Å². The lowest BCUT2D eigenvalue weighted by atomic mass is 10.0. The molecule has 0 amide bonds. The van der Waals surface area contributed by atoms with Crippen molar-refractivity contribution in [2.45, 2.75) is 26.6 Å². The summed E-state index contributed by atoms with van der Waals surface area (Å²) in [7, 11) is 0. The van der Waals surface area contributed by atoms with Crippen LogP contribution in [0.5, 0.6) is 0 Å². The van der Waals surface area contributed by atoms with Gasteiger partial charge >= 0.3 is 0 Å². The fourth-order valence-corrected chi connectivity index (χ4v) is 2.01. The lowest BCUT2D eigenvalue weighted by molar-refractivity contribution is -0.122. The van der Waals surface area contributed by atoms with Crippen LogP contribution in [-0.2, 0) is 5.79 Å². The molecule has 15 heavy (non-hydrogen) atoms. The molecule has 0 aromatic heterocycles. The molecular formula is C12H15ClO2. The quantitative estimate of drug-likeness (QED) is 0.668. The molecule has 1 aromatic rings. The monoisotopic (exact) mass is 226 g/mol. The summed E-state index contributed by atoms with van der Waals surface area (Å²) in [6.45, 7) is 5.80. The normalized spacial score (nSPS) is 16.3. The molecule has 0 radical (unpaired) electrons. The Hall–Kier alpha value is -0.830. The van der Waals surface area contributed by atoms with Crippen molar-refractivity contribution in [3.63, 3.8) is 0 Å². The van der Waals surface area contributed by atoms with E-state index < -0.39 is 5.79 Å². The van der Waals surface area contributed by atoms with Gasteiger partial charge in [-0.3, -0.25) is 0 Å². The predicted molar refractivity (Wildman–Crippen MR) is 62.6 cm³/mol. The Kier molecular flexibility index (Phi) is 3.55. The second kappa shape index (κ2) is 4.35. The Morgan fingerprint density at radius 3 is 2.33 bits per heavy atom. The van der Waals surface area contributed by atoms with Crippen molar-refractivity contribution in [2.24, 2.45) is 0 Å². The first kappa shape index (κ1) is 12.2. The molecule has 0 aliphatic heterocycles. The maximum absolute atomic E-state index is 9.56. The van der Waals surface area contributed by atoms with Gasteiger partial charge in [-0.1, -0.05) is 37.6 Å². The molecule has 0 spiro atoms. The number of hydrogen-bond donors (Lipinski definition) is 2. The fourth-order valence-electron chi connectivity index (χ4n) is 1.68. The molecule has 0 fully saturated rings. The Bertz CT molecular complexity index is 395. The molecule has 0 bridgehead atoms. The zero-order chi connectivity index (χ0) is 11.6.